The molecule has 1 saturated heterocycles. The summed E-state index contributed by atoms with van der Waals surface area (Å²) in [7, 11) is -3.67. The first kappa shape index (κ1) is 19.9. The standard InChI is InChI=1S/C17H17Cl2N3O4S/c18-14-5-3-12(9-15(14)19)20-16(23)11-21-10-13(4-6-17(21)24)27(25,26)22-7-1-2-8-22/h3-6,9-10H,1-2,7-8,11H2,(H,20,23). The Morgan fingerprint density at radius 3 is 2.44 bits per heavy atom. The maximum atomic E-state index is 12.6. The molecule has 1 aromatic heterocycles. The van der Waals surface area contributed by atoms with Crippen LogP contribution in [-0.4, -0.2) is 36.3 Å². The second-order valence-electron chi connectivity index (χ2n) is 6.12. The van der Waals surface area contributed by atoms with Crippen LogP contribution in [0.4, 0.5) is 5.69 Å². The first-order chi connectivity index (χ1) is 12.8. The number of aromatic nitrogens is 1. The Bertz CT molecular complexity index is 1030. The van der Waals surface area contributed by atoms with Crippen molar-refractivity contribution in [3.8, 4) is 0 Å². The van der Waals surface area contributed by atoms with Gasteiger partial charge in [0.1, 0.15) is 6.54 Å². The third kappa shape index (κ3) is 4.52. The van der Waals surface area contributed by atoms with Crippen LogP contribution in [0, 0.1) is 0 Å². The van der Waals surface area contributed by atoms with E-state index in [-0.39, 0.29) is 16.5 Å². The number of hydrogen-bond donors (Lipinski definition) is 1. The Hall–Kier alpha value is -1.87. The van der Waals surface area contributed by atoms with E-state index in [4.69, 9.17) is 23.2 Å². The van der Waals surface area contributed by atoms with E-state index in [1.165, 1.54) is 28.7 Å². The molecule has 0 saturated carbocycles. The zero-order valence-corrected chi connectivity index (χ0v) is 16.5. The van der Waals surface area contributed by atoms with E-state index < -0.39 is 21.5 Å². The quantitative estimate of drug-likeness (QED) is 0.790. The van der Waals surface area contributed by atoms with E-state index in [2.05, 4.69) is 5.32 Å². The van der Waals surface area contributed by atoms with Gasteiger partial charge in [0.05, 0.1) is 14.9 Å². The molecule has 27 heavy (non-hydrogen) atoms. The highest BCUT2D eigenvalue weighted by Gasteiger charge is 2.27. The van der Waals surface area contributed by atoms with E-state index in [1.54, 1.807) is 6.07 Å². The molecule has 0 radical (unpaired) electrons. The number of rotatable bonds is 5. The molecule has 1 aliphatic rings. The summed E-state index contributed by atoms with van der Waals surface area (Å²) in [5, 5.41) is 3.23. The van der Waals surface area contributed by atoms with Crippen molar-refractivity contribution in [2.45, 2.75) is 24.3 Å². The molecule has 2 aromatic rings. The smallest absolute Gasteiger partial charge is 0.251 e. The summed E-state index contributed by atoms with van der Waals surface area (Å²) in [5.74, 6) is -0.494. The first-order valence-corrected chi connectivity index (χ1v) is 10.4. The van der Waals surface area contributed by atoms with Crippen molar-refractivity contribution in [3.05, 3.63) is 56.9 Å². The van der Waals surface area contributed by atoms with Crippen LogP contribution in [-0.2, 0) is 21.4 Å². The number of halogens is 2. The lowest BCUT2D eigenvalue weighted by atomic mass is 10.3. The minimum absolute atomic E-state index is 0.00802. The van der Waals surface area contributed by atoms with Gasteiger partial charge < -0.3 is 9.88 Å². The monoisotopic (exact) mass is 429 g/mol. The second-order valence-corrected chi connectivity index (χ2v) is 8.87. The third-order valence-electron chi connectivity index (χ3n) is 4.18. The van der Waals surface area contributed by atoms with Crippen molar-refractivity contribution in [2.75, 3.05) is 18.4 Å². The number of sulfonamides is 1. The largest absolute Gasteiger partial charge is 0.324 e. The highest BCUT2D eigenvalue weighted by atomic mass is 35.5. The number of hydrogen-bond acceptors (Lipinski definition) is 4. The Morgan fingerprint density at radius 2 is 1.78 bits per heavy atom. The molecule has 144 valence electrons. The van der Waals surface area contributed by atoms with Crippen molar-refractivity contribution in [3.63, 3.8) is 0 Å². The summed E-state index contributed by atoms with van der Waals surface area (Å²) in [6, 6.07) is 7.01. The van der Waals surface area contributed by atoms with Gasteiger partial charge in [0.2, 0.25) is 15.9 Å². The van der Waals surface area contributed by atoms with E-state index in [1.807, 2.05) is 0 Å². The van der Waals surface area contributed by atoms with Crippen LogP contribution in [0.25, 0.3) is 0 Å². The molecule has 0 aliphatic carbocycles. The molecule has 1 N–H and O–H groups in total. The lowest BCUT2D eigenvalue weighted by Gasteiger charge is -2.16. The normalized spacial score (nSPS) is 15.0. The van der Waals surface area contributed by atoms with Crippen molar-refractivity contribution >= 4 is 44.8 Å². The Kier molecular flexibility index (Phi) is 5.90. The van der Waals surface area contributed by atoms with Crippen LogP contribution >= 0.6 is 23.2 Å². The summed E-state index contributed by atoms with van der Waals surface area (Å²) in [6.07, 6.45) is 2.82. The summed E-state index contributed by atoms with van der Waals surface area (Å²) < 4.78 is 27.7. The van der Waals surface area contributed by atoms with Gasteiger partial charge in [-0.05, 0) is 37.1 Å². The highest BCUT2D eigenvalue weighted by Crippen LogP contribution is 2.25. The Labute approximate surface area is 166 Å². The molecule has 1 amide bonds. The number of nitrogens with one attached hydrogen (secondary N) is 1. The maximum absolute atomic E-state index is 12.6. The van der Waals surface area contributed by atoms with Crippen LogP contribution in [0.2, 0.25) is 10.0 Å². The number of nitrogens with zero attached hydrogens (tertiary/aromatic N) is 2. The number of anilines is 1. The number of benzene rings is 1. The minimum atomic E-state index is -3.67. The van der Waals surface area contributed by atoms with Gasteiger partial charge in [-0.3, -0.25) is 9.59 Å². The van der Waals surface area contributed by atoms with Gasteiger partial charge in [0, 0.05) is 31.0 Å². The molecule has 0 atom stereocenters. The average Bonchev–Trinajstić information content (AvgIpc) is 3.15. The summed E-state index contributed by atoms with van der Waals surface area (Å²) in [5.41, 5.74) is -0.0528. The molecular weight excluding hydrogens is 413 g/mol. The number of pyridine rings is 1. The van der Waals surface area contributed by atoms with Gasteiger partial charge in [0.15, 0.2) is 0 Å². The lowest BCUT2D eigenvalue weighted by Crippen LogP contribution is -2.31. The zero-order chi connectivity index (χ0) is 19.6. The van der Waals surface area contributed by atoms with Crippen molar-refractivity contribution in [2.24, 2.45) is 0 Å². The molecular formula is C17H17Cl2N3O4S. The molecule has 0 spiro atoms. The van der Waals surface area contributed by atoms with Gasteiger partial charge in [0.25, 0.3) is 5.56 Å². The molecule has 3 rings (SSSR count). The van der Waals surface area contributed by atoms with Gasteiger partial charge in [-0.1, -0.05) is 23.2 Å². The van der Waals surface area contributed by atoms with Crippen LogP contribution in [0.5, 0.6) is 0 Å². The third-order valence-corrected chi connectivity index (χ3v) is 6.80. The molecule has 0 bridgehead atoms. The fourth-order valence-corrected chi connectivity index (χ4v) is 4.63. The Morgan fingerprint density at radius 1 is 1.07 bits per heavy atom. The van der Waals surface area contributed by atoms with Crippen LogP contribution in [0.15, 0.2) is 46.2 Å². The van der Waals surface area contributed by atoms with Gasteiger partial charge in [-0.15, -0.1) is 0 Å². The number of amides is 1. The molecule has 2 heterocycles. The fraction of sp³-hybridized carbons (Fsp3) is 0.294. The van der Waals surface area contributed by atoms with E-state index in [9.17, 15) is 18.0 Å². The molecule has 10 heteroatoms. The molecule has 1 aromatic carbocycles. The fourth-order valence-electron chi connectivity index (χ4n) is 2.79. The lowest BCUT2D eigenvalue weighted by molar-refractivity contribution is -0.116. The number of carbonyl (C=O) groups is 1. The second kappa shape index (κ2) is 8.02. The van der Waals surface area contributed by atoms with Gasteiger partial charge in [-0.25, -0.2) is 8.42 Å². The molecule has 7 nitrogen and oxygen atoms in total. The van der Waals surface area contributed by atoms with Crippen molar-refractivity contribution in [1.82, 2.24) is 8.87 Å². The average molecular weight is 430 g/mol. The summed E-state index contributed by atoms with van der Waals surface area (Å²) >= 11 is 11.7. The topological polar surface area (TPSA) is 88.5 Å². The maximum Gasteiger partial charge on any atom is 0.251 e. The van der Waals surface area contributed by atoms with E-state index in [0.29, 0.717) is 23.8 Å². The van der Waals surface area contributed by atoms with Crippen LogP contribution in [0.1, 0.15) is 12.8 Å². The molecule has 1 fully saturated rings. The first-order valence-electron chi connectivity index (χ1n) is 8.23. The summed E-state index contributed by atoms with van der Waals surface area (Å²) in [6.45, 7) is 0.584. The molecule has 0 unspecified atom stereocenters. The SMILES string of the molecule is O=C(Cn1cc(S(=O)(=O)N2CCCC2)ccc1=O)Nc1ccc(Cl)c(Cl)c1. The van der Waals surface area contributed by atoms with E-state index >= 15 is 0 Å². The predicted octanol–water partition coefficient (Wildman–Crippen LogP) is 2.58. The van der Waals surface area contributed by atoms with Crippen LogP contribution < -0.4 is 10.9 Å². The Balaban J connectivity index is 1.79. The zero-order valence-electron chi connectivity index (χ0n) is 14.2. The van der Waals surface area contributed by atoms with Crippen LogP contribution in [0.3, 0.4) is 0 Å². The highest BCUT2D eigenvalue weighted by molar-refractivity contribution is 7.89. The van der Waals surface area contributed by atoms with Gasteiger partial charge >= 0.3 is 0 Å². The summed E-state index contributed by atoms with van der Waals surface area (Å²) in [4.78, 5) is 24.3. The molecule has 1 aliphatic heterocycles. The van der Waals surface area contributed by atoms with Crippen molar-refractivity contribution in [1.29, 1.82) is 0 Å². The predicted molar refractivity (Wildman–Crippen MR) is 104 cm³/mol. The minimum Gasteiger partial charge on any atom is -0.324 e. The van der Waals surface area contributed by atoms with Gasteiger partial charge in [-0.2, -0.15) is 4.31 Å². The van der Waals surface area contributed by atoms with Crippen molar-refractivity contribution < 1.29 is 13.2 Å². The van der Waals surface area contributed by atoms with E-state index in [0.717, 1.165) is 23.5 Å². The number of carbonyl (C=O) groups excluding carboxylic acids is 1.